The fraction of sp³-hybridized carbons (Fsp3) is 0.0625. The Kier molecular flexibility index (Phi) is 3.96. The lowest BCUT2D eigenvalue weighted by Gasteiger charge is -2.09. The van der Waals surface area contributed by atoms with Crippen LogP contribution >= 0.6 is 11.6 Å². The second kappa shape index (κ2) is 5.65. The molecule has 0 N–H and O–H groups in total. The van der Waals surface area contributed by atoms with Crippen LogP contribution < -0.4 is 0 Å². The fourth-order valence-corrected chi connectivity index (χ4v) is 2.04. The van der Waals surface area contributed by atoms with Crippen molar-refractivity contribution in [1.29, 1.82) is 0 Å². The van der Waals surface area contributed by atoms with E-state index in [1.165, 1.54) is 5.56 Å². The average molecular weight is 257 g/mol. The molecule has 18 heavy (non-hydrogen) atoms. The Labute approximate surface area is 112 Å². The number of hydrogen-bond acceptors (Lipinski definition) is 1. The van der Waals surface area contributed by atoms with Gasteiger partial charge in [0.2, 0.25) is 0 Å². The summed E-state index contributed by atoms with van der Waals surface area (Å²) in [5.74, 6) is 0. The van der Waals surface area contributed by atoms with Crippen molar-refractivity contribution in [3.63, 3.8) is 0 Å². The maximum absolute atomic E-state index is 10.6. The molecular weight excluding hydrogens is 244 g/mol. The molecule has 0 radical (unpaired) electrons. The lowest BCUT2D eigenvalue weighted by atomic mass is 9.96. The van der Waals surface area contributed by atoms with Gasteiger partial charge in [0, 0.05) is 0 Å². The van der Waals surface area contributed by atoms with Crippen LogP contribution in [0.4, 0.5) is 0 Å². The van der Waals surface area contributed by atoms with Crippen LogP contribution in [-0.4, -0.2) is 6.29 Å². The van der Waals surface area contributed by atoms with Gasteiger partial charge in [-0.1, -0.05) is 60.1 Å². The molecule has 0 unspecified atom stereocenters. The molecule has 0 spiro atoms. The molecule has 2 rings (SSSR count). The van der Waals surface area contributed by atoms with Crippen LogP contribution in [0, 0.1) is 6.92 Å². The summed E-state index contributed by atoms with van der Waals surface area (Å²) in [5.41, 5.74) is 4.37. The predicted molar refractivity (Wildman–Crippen MR) is 76.5 cm³/mol. The highest BCUT2D eigenvalue weighted by atomic mass is 35.5. The summed E-state index contributed by atoms with van der Waals surface area (Å²) >= 11 is 5.79. The highest BCUT2D eigenvalue weighted by Crippen LogP contribution is 2.28. The smallest absolute Gasteiger partial charge is 0.161 e. The van der Waals surface area contributed by atoms with Crippen molar-refractivity contribution in [3.8, 4) is 11.1 Å². The number of aryl methyl sites for hydroxylation is 1. The van der Waals surface area contributed by atoms with Crippen molar-refractivity contribution >= 4 is 24.0 Å². The van der Waals surface area contributed by atoms with Crippen LogP contribution in [0.25, 0.3) is 17.2 Å². The molecule has 0 heterocycles. The Morgan fingerprint density at radius 2 is 1.61 bits per heavy atom. The van der Waals surface area contributed by atoms with E-state index in [0.29, 0.717) is 6.29 Å². The minimum absolute atomic E-state index is 0.205. The number of aldehydes is 1. The standard InChI is InChI=1S/C16H13ClO/c1-12-6-2-4-8-15(12)16-9-5-3-7-13(16)10-14(17)11-18/h2-11H,1H3. The molecule has 2 aromatic rings. The Morgan fingerprint density at radius 1 is 1.00 bits per heavy atom. The van der Waals surface area contributed by atoms with E-state index in [9.17, 15) is 4.79 Å². The molecule has 0 bridgehead atoms. The molecule has 0 saturated heterocycles. The summed E-state index contributed by atoms with van der Waals surface area (Å²) in [7, 11) is 0. The molecule has 0 atom stereocenters. The van der Waals surface area contributed by atoms with E-state index in [0.717, 1.165) is 16.7 Å². The molecular formula is C16H13ClO. The molecule has 90 valence electrons. The molecule has 0 aliphatic carbocycles. The first-order valence-electron chi connectivity index (χ1n) is 5.70. The van der Waals surface area contributed by atoms with E-state index < -0.39 is 0 Å². The number of carbonyl (C=O) groups excluding carboxylic acids is 1. The van der Waals surface area contributed by atoms with Crippen LogP contribution in [0.1, 0.15) is 11.1 Å². The SMILES string of the molecule is Cc1ccccc1-c1ccccc1C=C(Cl)C=O. The first-order valence-corrected chi connectivity index (χ1v) is 6.07. The number of rotatable bonds is 3. The van der Waals surface area contributed by atoms with Crippen LogP contribution in [0.5, 0.6) is 0 Å². The Bertz CT molecular complexity index is 600. The topological polar surface area (TPSA) is 17.1 Å². The van der Waals surface area contributed by atoms with Gasteiger partial charge in [0.05, 0.1) is 5.03 Å². The quantitative estimate of drug-likeness (QED) is 0.586. The van der Waals surface area contributed by atoms with Crippen molar-refractivity contribution < 1.29 is 4.79 Å². The molecule has 0 saturated carbocycles. The van der Waals surface area contributed by atoms with Gasteiger partial charge in [-0.05, 0) is 35.3 Å². The predicted octanol–water partition coefficient (Wildman–Crippen LogP) is 4.44. The number of hydrogen-bond donors (Lipinski definition) is 0. The zero-order valence-corrected chi connectivity index (χ0v) is 10.8. The maximum atomic E-state index is 10.6. The average Bonchev–Trinajstić information content (AvgIpc) is 2.40. The van der Waals surface area contributed by atoms with E-state index in [4.69, 9.17) is 11.6 Å². The highest BCUT2D eigenvalue weighted by molar-refractivity contribution is 6.40. The zero-order valence-electron chi connectivity index (χ0n) is 10.1. The summed E-state index contributed by atoms with van der Waals surface area (Å²) < 4.78 is 0. The Hall–Kier alpha value is -1.86. The van der Waals surface area contributed by atoms with Gasteiger partial charge in [0.15, 0.2) is 6.29 Å². The molecule has 0 fully saturated rings. The normalized spacial score (nSPS) is 11.3. The summed E-state index contributed by atoms with van der Waals surface area (Å²) in [6, 6.07) is 16.0. The van der Waals surface area contributed by atoms with Gasteiger partial charge in [-0.3, -0.25) is 4.79 Å². The number of carbonyl (C=O) groups is 1. The second-order valence-corrected chi connectivity index (χ2v) is 4.49. The molecule has 0 aliphatic heterocycles. The van der Waals surface area contributed by atoms with Gasteiger partial charge in [0.1, 0.15) is 0 Å². The molecule has 0 aromatic heterocycles. The zero-order chi connectivity index (χ0) is 13.0. The first-order chi connectivity index (χ1) is 8.72. The van der Waals surface area contributed by atoms with Gasteiger partial charge in [0.25, 0.3) is 0 Å². The Balaban J connectivity index is 2.59. The van der Waals surface area contributed by atoms with E-state index >= 15 is 0 Å². The number of benzene rings is 2. The van der Waals surface area contributed by atoms with Gasteiger partial charge >= 0.3 is 0 Å². The van der Waals surface area contributed by atoms with Crippen molar-refractivity contribution in [3.05, 3.63) is 64.7 Å². The van der Waals surface area contributed by atoms with E-state index in [1.54, 1.807) is 6.08 Å². The van der Waals surface area contributed by atoms with Crippen LogP contribution in [0.3, 0.4) is 0 Å². The number of halogens is 1. The highest BCUT2D eigenvalue weighted by Gasteiger charge is 2.05. The molecule has 0 aliphatic rings. The largest absolute Gasteiger partial charge is 0.297 e. The van der Waals surface area contributed by atoms with Gasteiger partial charge in [-0.2, -0.15) is 0 Å². The third-order valence-corrected chi connectivity index (χ3v) is 3.00. The lowest BCUT2D eigenvalue weighted by molar-refractivity contribution is -0.104. The van der Waals surface area contributed by atoms with Crippen molar-refractivity contribution in [2.45, 2.75) is 6.92 Å². The van der Waals surface area contributed by atoms with Gasteiger partial charge < -0.3 is 0 Å². The third-order valence-electron chi connectivity index (χ3n) is 2.80. The minimum Gasteiger partial charge on any atom is -0.297 e. The summed E-state index contributed by atoms with van der Waals surface area (Å²) in [6.07, 6.45) is 2.34. The van der Waals surface area contributed by atoms with Crippen molar-refractivity contribution in [1.82, 2.24) is 0 Å². The number of allylic oxidation sites excluding steroid dienone is 1. The van der Waals surface area contributed by atoms with Crippen LogP contribution in [0.15, 0.2) is 53.6 Å². The minimum atomic E-state index is 0.205. The monoisotopic (exact) mass is 256 g/mol. The summed E-state index contributed by atoms with van der Waals surface area (Å²) in [5, 5.41) is 0.205. The first kappa shape index (κ1) is 12.6. The fourth-order valence-electron chi connectivity index (χ4n) is 1.93. The lowest BCUT2D eigenvalue weighted by Crippen LogP contribution is -1.87. The summed E-state index contributed by atoms with van der Waals surface area (Å²) in [6.45, 7) is 2.07. The van der Waals surface area contributed by atoms with Crippen LogP contribution in [-0.2, 0) is 4.79 Å². The van der Waals surface area contributed by atoms with Gasteiger partial charge in [-0.15, -0.1) is 0 Å². The molecule has 2 heteroatoms. The maximum Gasteiger partial charge on any atom is 0.161 e. The van der Waals surface area contributed by atoms with E-state index in [1.807, 2.05) is 36.4 Å². The van der Waals surface area contributed by atoms with Crippen molar-refractivity contribution in [2.75, 3.05) is 0 Å². The van der Waals surface area contributed by atoms with Gasteiger partial charge in [-0.25, -0.2) is 0 Å². The second-order valence-electron chi connectivity index (χ2n) is 4.05. The molecule has 0 amide bonds. The molecule has 2 aromatic carbocycles. The van der Waals surface area contributed by atoms with E-state index in [2.05, 4.69) is 19.1 Å². The van der Waals surface area contributed by atoms with E-state index in [-0.39, 0.29) is 5.03 Å². The van der Waals surface area contributed by atoms with Crippen molar-refractivity contribution in [2.24, 2.45) is 0 Å². The summed E-state index contributed by atoms with van der Waals surface area (Å²) in [4.78, 5) is 10.6. The Morgan fingerprint density at radius 3 is 2.28 bits per heavy atom. The third kappa shape index (κ3) is 2.69. The molecule has 1 nitrogen and oxygen atoms in total. The van der Waals surface area contributed by atoms with Crippen LogP contribution in [0.2, 0.25) is 0 Å².